The van der Waals surface area contributed by atoms with Gasteiger partial charge in [0, 0.05) is 49.9 Å². The number of amides is 1. The molecule has 5 heteroatoms. The fourth-order valence-corrected chi connectivity index (χ4v) is 3.92. The zero-order valence-corrected chi connectivity index (χ0v) is 12.6. The highest BCUT2D eigenvalue weighted by Gasteiger charge is 2.61. The molecule has 0 radical (unpaired) electrons. The van der Waals surface area contributed by atoms with Gasteiger partial charge in [-0.15, -0.1) is 0 Å². The van der Waals surface area contributed by atoms with E-state index in [4.69, 9.17) is 0 Å². The number of nitrogens with zero attached hydrogens (tertiary/aromatic N) is 4. The molecule has 1 aliphatic carbocycles. The maximum Gasteiger partial charge on any atom is 0.226 e. The zero-order valence-electron chi connectivity index (χ0n) is 12.6. The molecule has 0 unspecified atom stereocenters. The second-order valence-electron chi connectivity index (χ2n) is 6.88. The fraction of sp³-hybridized carbons (Fsp3) is 0.688. The van der Waals surface area contributed by atoms with E-state index in [9.17, 15) is 4.79 Å². The highest BCUT2D eigenvalue weighted by Crippen LogP contribution is 2.59. The molecule has 3 fully saturated rings. The molecule has 2 aliphatic heterocycles. The van der Waals surface area contributed by atoms with Gasteiger partial charge in [-0.3, -0.25) is 4.79 Å². The fourth-order valence-electron chi connectivity index (χ4n) is 3.92. The van der Waals surface area contributed by atoms with Gasteiger partial charge >= 0.3 is 0 Å². The van der Waals surface area contributed by atoms with Gasteiger partial charge in [-0.05, 0) is 38.2 Å². The van der Waals surface area contributed by atoms with Crippen LogP contribution in [0, 0.1) is 18.3 Å². The Morgan fingerprint density at radius 2 is 1.95 bits per heavy atom. The average molecular weight is 286 g/mol. The molecule has 1 saturated carbocycles. The molecular formula is C16H22N4O. The van der Waals surface area contributed by atoms with Gasteiger partial charge in [-0.1, -0.05) is 0 Å². The van der Waals surface area contributed by atoms with Gasteiger partial charge in [0.1, 0.15) is 0 Å². The Bertz CT molecular complexity index is 552. The smallest absolute Gasteiger partial charge is 0.226 e. The number of hydrogen-bond acceptors (Lipinski definition) is 4. The molecule has 21 heavy (non-hydrogen) atoms. The van der Waals surface area contributed by atoms with E-state index in [1.165, 1.54) is 12.8 Å². The summed E-state index contributed by atoms with van der Waals surface area (Å²) in [5.41, 5.74) is 1.30. The minimum atomic E-state index is 0.216. The summed E-state index contributed by atoms with van der Waals surface area (Å²) in [4.78, 5) is 25.7. The Labute approximate surface area is 125 Å². The third kappa shape index (κ3) is 2.19. The molecule has 2 saturated heterocycles. The number of anilines is 1. The molecule has 1 amide bonds. The van der Waals surface area contributed by atoms with Crippen molar-refractivity contribution in [2.24, 2.45) is 11.3 Å². The van der Waals surface area contributed by atoms with Crippen LogP contribution < -0.4 is 4.90 Å². The van der Waals surface area contributed by atoms with E-state index in [2.05, 4.69) is 19.8 Å². The standard InChI is InChI=1S/C16H22N4O/c1-12-9-17-15(18-10-12)20-7-4-16(11-20)8-13(16)14(21)19-5-2-3-6-19/h9-10,13H,2-8,11H2,1H3/t13-,16+/m1/s1. The highest BCUT2D eigenvalue weighted by atomic mass is 16.2. The van der Waals surface area contributed by atoms with Crippen molar-refractivity contribution >= 4 is 11.9 Å². The van der Waals surface area contributed by atoms with Gasteiger partial charge in [-0.25, -0.2) is 9.97 Å². The van der Waals surface area contributed by atoms with Crippen LogP contribution in [0.2, 0.25) is 0 Å². The molecule has 2 atom stereocenters. The summed E-state index contributed by atoms with van der Waals surface area (Å²) in [5, 5.41) is 0. The summed E-state index contributed by atoms with van der Waals surface area (Å²) in [6.45, 7) is 5.86. The Hall–Kier alpha value is -1.65. The normalized spacial score (nSPS) is 31.2. The van der Waals surface area contributed by atoms with Gasteiger partial charge in [0.05, 0.1) is 0 Å². The summed E-state index contributed by atoms with van der Waals surface area (Å²) in [5.74, 6) is 1.47. The first-order chi connectivity index (χ1) is 10.2. The number of aromatic nitrogens is 2. The van der Waals surface area contributed by atoms with Crippen molar-refractivity contribution in [3.63, 3.8) is 0 Å². The first-order valence-electron chi connectivity index (χ1n) is 8.00. The maximum absolute atomic E-state index is 12.5. The zero-order chi connectivity index (χ0) is 14.4. The number of carbonyl (C=O) groups is 1. The predicted octanol–water partition coefficient (Wildman–Crippen LogP) is 1.62. The molecular weight excluding hydrogens is 264 g/mol. The lowest BCUT2D eigenvalue weighted by Gasteiger charge is -2.18. The van der Waals surface area contributed by atoms with Gasteiger partial charge in [0.25, 0.3) is 0 Å². The van der Waals surface area contributed by atoms with Crippen molar-refractivity contribution in [1.82, 2.24) is 14.9 Å². The average Bonchev–Trinajstić information content (AvgIpc) is 2.86. The molecule has 0 aromatic carbocycles. The number of carbonyl (C=O) groups excluding carboxylic acids is 1. The first-order valence-corrected chi connectivity index (χ1v) is 8.00. The molecule has 1 aromatic heterocycles. The van der Waals surface area contributed by atoms with Gasteiger partial charge in [-0.2, -0.15) is 0 Å². The third-order valence-electron chi connectivity index (χ3n) is 5.34. The number of rotatable bonds is 2. The minimum Gasteiger partial charge on any atom is -0.342 e. The quantitative estimate of drug-likeness (QED) is 0.829. The maximum atomic E-state index is 12.5. The molecule has 3 heterocycles. The van der Waals surface area contributed by atoms with Crippen molar-refractivity contribution in [1.29, 1.82) is 0 Å². The van der Waals surface area contributed by atoms with Crippen molar-refractivity contribution in [3.05, 3.63) is 18.0 Å². The van der Waals surface area contributed by atoms with Crippen LogP contribution in [0.15, 0.2) is 12.4 Å². The van der Waals surface area contributed by atoms with E-state index in [0.717, 1.165) is 50.5 Å². The molecule has 1 spiro atoms. The minimum absolute atomic E-state index is 0.216. The summed E-state index contributed by atoms with van der Waals surface area (Å²) >= 11 is 0. The molecule has 4 rings (SSSR count). The van der Waals surface area contributed by atoms with Gasteiger partial charge in [0.2, 0.25) is 11.9 Å². The molecule has 3 aliphatic rings. The van der Waals surface area contributed by atoms with Crippen LogP contribution in [-0.2, 0) is 4.79 Å². The highest BCUT2D eigenvalue weighted by molar-refractivity contribution is 5.83. The third-order valence-corrected chi connectivity index (χ3v) is 5.34. The molecule has 0 N–H and O–H groups in total. The van der Waals surface area contributed by atoms with E-state index in [-0.39, 0.29) is 11.3 Å². The van der Waals surface area contributed by atoms with Crippen molar-refractivity contribution in [3.8, 4) is 0 Å². The lowest BCUT2D eigenvalue weighted by molar-refractivity contribution is -0.132. The molecule has 5 nitrogen and oxygen atoms in total. The number of likely N-dealkylation sites (tertiary alicyclic amines) is 1. The summed E-state index contributed by atoms with van der Waals surface area (Å²) in [7, 11) is 0. The van der Waals surface area contributed by atoms with Crippen molar-refractivity contribution < 1.29 is 4.79 Å². The van der Waals surface area contributed by atoms with E-state index in [1.807, 2.05) is 19.3 Å². The molecule has 112 valence electrons. The Morgan fingerprint density at radius 3 is 2.67 bits per heavy atom. The second-order valence-corrected chi connectivity index (χ2v) is 6.88. The monoisotopic (exact) mass is 286 g/mol. The van der Waals surface area contributed by atoms with Crippen LogP contribution in [-0.4, -0.2) is 47.0 Å². The predicted molar refractivity (Wildman–Crippen MR) is 80.0 cm³/mol. The topological polar surface area (TPSA) is 49.3 Å². The van der Waals surface area contributed by atoms with E-state index >= 15 is 0 Å². The summed E-state index contributed by atoms with van der Waals surface area (Å²) in [6.07, 6.45) is 8.25. The summed E-state index contributed by atoms with van der Waals surface area (Å²) in [6, 6.07) is 0. The number of hydrogen-bond donors (Lipinski definition) is 0. The molecule has 1 aromatic rings. The van der Waals surface area contributed by atoms with Crippen LogP contribution >= 0.6 is 0 Å². The van der Waals surface area contributed by atoms with Gasteiger partial charge in [0.15, 0.2) is 0 Å². The van der Waals surface area contributed by atoms with Crippen LogP contribution in [0.4, 0.5) is 5.95 Å². The SMILES string of the molecule is Cc1cnc(N2CC[C@]3(C[C@@H]3C(=O)N3CCCC3)C2)nc1. The molecule has 0 bridgehead atoms. The van der Waals surface area contributed by atoms with Crippen molar-refractivity contribution in [2.75, 3.05) is 31.1 Å². The Morgan fingerprint density at radius 1 is 1.24 bits per heavy atom. The van der Waals surface area contributed by atoms with Crippen LogP contribution in [0.3, 0.4) is 0 Å². The first kappa shape index (κ1) is 13.0. The largest absolute Gasteiger partial charge is 0.342 e. The van der Waals surface area contributed by atoms with E-state index in [1.54, 1.807) is 0 Å². The lowest BCUT2D eigenvalue weighted by Crippen LogP contribution is -2.31. The second kappa shape index (κ2) is 4.68. The lowest BCUT2D eigenvalue weighted by atomic mass is 10.0. The van der Waals surface area contributed by atoms with Crippen LogP contribution in [0.5, 0.6) is 0 Å². The van der Waals surface area contributed by atoms with E-state index < -0.39 is 0 Å². The van der Waals surface area contributed by atoms with Crippen molar-refractivity contribution in [2.45, 2.75) is 32.6 Å². The van der Waals surface area contributed by atoms with E-state index in [0.29, 0.717) is 5.91 Å². The summed E-state index contributed by atoms with van der Waals surface area (Å²) < 4.78 is 0. The van der Waals surface area contributed by atoms with Crippen LogP contribution in [0.1, 0.15) is 31.2 Å². The van der Waals surface area contributed by atoms with Crippen LogP contribution in [0.25, 0.3) is 0 Å². The Balaban J connectivity index is 1.42. The number of aryl methyl sites for hydroxylation is 1. The Kier molecular flexibility index (Phi) is 2.91. The van der Waals surface area contributed by atoms with Gasteiger partial charge < -0.3 is 9.80 Å².